The van der Waals surface area contributed by atoms with Gasteiger partial charge in [-0.15, -0.1) is 0 Å². The molecule has 0 atom stereocenters. The summed E-state index contributed by atoms with van der Waals surface area (Å²) in [5, 5.41) is 8.97. The Hall–Kier alpha value is -4.51. The van der Waals surface area contributed by atoms with Gasteiger partial charge in [0.15, 0.2) is 11.5 Å². The average molecular weight is 414 g/mol. The van der Waals surface area contributed by atoms with Gasteiger partial charge in [-0.1, -0.05) is 12.1 Å². The van der Waals surface area contributed by atoms with Crippen molar-refractivity contribution in [1.82, 2.24) is 9.97 Å². The topological polar surface area (TPSA) is 110 Å². The SMILES string of the molecule is N#Cc1cnc2ccc(C(=O)c3c(F)ccc(-c4cccc(C(N)=O)c4)c3F)cc2n1. The molecule has 2 N–H and O–H groups in total. The number of primary amides is 1. The maximum absolute atomic E-state index is 15.3. The largest absolute Gasteiger partial charge is 0.366 e. The van der Waals surface area contributed by atoms with E-state index in [1.807, 2.05) is 6.07 Å². The first-order chi connectivity index (χ1) is 14.9. The highest BCUT2D eigenvalue weighted by atomic mass is 19.1. The Kier molecular flexibility index (Phi) is 4.93. The Morgan fingerprint density at radius 1 is 0.968 bits per heavy atom. The van der Waals surface area contributed by atoms with Crippen LogP contribution in [0.15, 0.2) is 60.8 Å². The molecule has 4 aromatic rings. The number of hydrogen-bond donors (Lipinski definition) is 1. The van der Waals surface area contributed by atoms with Gasteiger partial charge in [0.2, 0.25) is 5.91 Å². The van der Waals surface area contributed by atoms with Gasteiger partial charge in [0, 0.05) is 16.7 Å². The van der Waals surface area contributed by atoms with Crippen LogP contribution < -0.4 is 5.73 Å². The van der Waals surface area contributed by atoms with E-state index >= 15 is 4.39 Å². The van der Waals surface area contributed by atoms with Gasteiger partial charge in [0.05, 0.1) is 22.8 Å². The van der Waals surface area contributed by atoms with Gasteiger partial charge in [-0.05, 0) is 48.0 Å². The number of halogens is 2. The third-order valence-corrected chi connectivity index (χ3v) is 4.70. The van der Waals surface area contributed by atoms with Gasteiger partial charge >= 0.3 is 0 Å². The maximum Gasteiger partial charge on any atom is 0.248 e. The Bertz CT molecular complexity index is 1430. The zero-order chi connectivity index (χ0) is 22.1. The van der Waals surface area contributed by atoms with E-state index in [-0.39, 0.29) is 33.5 Å². The Morgan fingerprint density at radius 2 is 1.77 bits per heavy atom. The third kappa shape index (κ3) is 3.60. The zero-order valence-electron chi connectivity index (χ0n) is 15.8. The molecule has 0 unspecified atom stereocenters. The Morgan fingerprint density at radius 3 is 2.52 bits per heavy atom. The van der Waals surface area contributed by atoms with Crippen LogP contribution in [-0.4, -0.2) is 21.7 Å². The molecule has 6 nitrogen and oxygen atoms in total. The number of rotatable bonds is 4. The van der Waals surface area contributed by atoms with E-state index in [0.29, 0.717) is 5.52 Å². The zero-order valence-corrected chi connectivity index (χ0v) is 15.8. The quantitative estimate of drug-likeness (QED) is 0.511. The molecule has 1 amide bonds. The molecule has 0 aliphatic rings. The van der Waals surface area contributed by atoms with Gasteiger partial charge < -0.3 is 5.73 Å². The van der Waals surface area contributed by atoms with E-state index in [0.717, 1.165) is 6.07 Å². The average Bonchev–Trinajstić information content (AvgIpc) is 2.78. The van der Waals surface area contributed by atoms with Gasteiger partial charge in [-0.25, -0.2) is 13.8 Å². The molecular weight excluding hydrogens is 402 g/mol. The molecule has 0 fully saturated rings. The molecule has 8 heteroatoms. The fraction of sp³-hybridized carbons (Fsp3) is 0. The van der Waals surface area contributed by atoms with E-state index in [1.165, 1.54) is 54.7 Å². The molecule has 0 aliphatic heterocycles. The fourth-order valence-electron chi connectivity index (χ4n) is 3.17. The Balaban J connectivity index is 1.83. The number of nitriles is 1. The summed E-state index contributed by atoms with van der Waals surface area (Å²) in [6.07, 6.45) is 1.28. The summed E-state index contributed by atoms with van der Waals surface area (Å²) in [6.45, 7) is 0. The number of amides is 1. The third-order valence-electron chi connectivity index (χ3n) is 4.70. The predicted octanol–water partition coefficient (Wildman–Crippen LogP) is 3.78. The molecule has 0 spiro atoms. The summed E-state index contributed by atoms with van der Waals surface area (Å²) in [7, 11) is 0. The van der Waals surface area contributed by atoms with Crippen molar-refractivity contribution in [3.63, 3.8) is 0 Å². The van der Waals surface area contributed by atoms with Crippen molar-refractivity contribution in [3.8, 4) is 17.2 Å². The molecule has 1 heterocycles. The van der Waals surface area contributed by atoms with Crippen LogP contribution in [0.3, 0.4) is 0 Å². The van der Waals surface area contributed by atoms with E-state index < -0.39 is 28.9 Å². The number of nitrogens with two attached hydrogens (primary N) is 1. The number of nitrogens with zero attached hydrogens (tertiary/aromatic N) is 3. The van der Waals surface area contributed by atoms with Crippen LogP contribution in [-0.2, 0) is 0 Å². The Labute approximate surface area is 174 Å². The number of benzene rings is 3. The molecule has 4 rings (SSSR count). The van der Waals surface area contributed by atoms with Crippen molar-refractivity contribution in [2.24, 2.45) is 5.73 Å². The second-order valence-electron chi connectivity index (χ2n) is 6.63. The summed E-state index contributed by atoms with van der Waals surface area (Å²) >= 11 is 0. The van der Waals surface area contributed by atoms with E-state index in [9.17, 15) is 14.0 Å². The highest BCUT2D eigenvalue weighted by Crippen LogP contribution is 2.29. The summed E-state index contributed by atoms with van der Waals surface area (Å²) in [6, 6.07) is 14.1. The van der Waals surface area contributed by atoms with Crippen LogP contribution in [0.1, 0.15) is 32.0 Å². The van der Waals surface area contributed by atoms with E-state index in [4.69, 9.17) is 11.0 Å². The minimum Gasteiger partial charge on any atom is -0.366 e. The van der Waals surface area contributed by atoms with Crippen molar-refractivity contribution >= 4 is 22.7 Å². The first kappa shape index (κ1) is 19.8. The summed E-state index contributed by atoms with van der Waals surface area (Å²) < 4.78 is 29.8. The van der Waals surface area contributed by atoms with Gasteiger partial charge in [0.25, 0.3) is 0 Å². The number of hydrogen-bond acceptors (Lipinski definition) is 5. The van der Waals surface area contributed by atoms with Crippen LogP contribution in [0, 0.1) is 23.0 Å². The molecule has 0 bridgehead atoms. The second kappa shape index (κ2) is 7.72. The van der Waals surface area contributed by atoms with Crippen LogP contribution in [0.2, 0.25) is 0 Å². The first-order valence-corrected chi connectivity index (χ1v) is 8.99. The normalized spacial score (nSPS) is 10.6. The maximum atomic E-state index is 15.3. The number of carbonyl (C=O) groups excluding carboxylic acids is 2. The minimum absolute atomic E-state index is 0.0160. The lowest BCUT2D eigenvalue weighted by atomic mass is 9.95. The van der Waals surface area contributed by atoms with Crippen molar-refractivity contribution in [2.75, 3.05) is 0 Å². The predicted molar refractivity (Wildman–Crippen MR) is 108 cm³/mol. The molecule has 0 radical (unpaired) electrons. The summed E-state index contributed by atoms with van der Waals surface area (Å²) in [4.78, 5) is 32.5. The number of fused-ring (bicyclic) bond motifs is 1. The van der Waals surface area contributed by atoms with Crippen molar-refractivity contribution < 1.29 is 18.4 Å². The lowest BCUT2D eigenvalue weighted by Crippen LogP contribution is -2.11. The van der Waals surface area contributed by atoms with Crippen molar-refractivity contribution in [3.05, 3.63) is 94.8 Å². The molecule has 1 aromatic heterocycles. The van der Waals surface area contributed by atoms with Gasteiger partial charge in [-0.2, -0.15) is 5.26 Å². The van der Waals surface area contributed by atoms with E-state index in [1.54, 1.807) is 0 Å². The van der Waals surface area contributed by atoms with Crippen LogP contribution >= 0.6 is 0 Å². The van der Waals surface area contributed by atoms with Crippen molar-refractivity contribution in [2.45, 2.75) is 0 Å². The molecule has 3 aromatic carbocycles. The van der Waals surface area contributed by atoms with Crippen molar-refractivity contribution in [1.29, 1.82) is 5.26 Å². The number of ketones is 1. The van der Waals surface area contributed by atoms with Crippen LogP contribution in [0.25, 0.3) is 22.2 Å². The van der Waals surface area contributed by atoms with Gasteiger partial charge in [-0.3, -0.25) is 14.6 Å². The fourth-order valence-corrected chi connectivity index (χ4v) is 3.17. The number of carbonyl (C=O) groups is 2. The molecule has 150 valence electrons. The lowest BCUT2D eigenvalue weighted by molar-refractivity contribution is 0.0997. The van der Waals surface area contributed by atoms with Crippen LogP contribution in [0.4, 0.5) is 8.78 Å². The highest BCUT2D eigenvalue weighted by Gasteiger charge is 2.23. The molecule has 0 saturated carbocycles. The van der Waals surface area contributed by atoms with Gasteiger partial charge in [0.1, 0.15) is 17.7 Å². The summed E-state index contributed by atoms with van der Waals surface area (Å²) in [5.74, 6) is -3.69. The standard InChI is InChI=1S/C23H12F2N4O2/c24-17-6-5-16(12-2-1-3-14(8-12)23(27)31)21(25)20(17)22(30)13-4-7-18-19(9-13)29-15(10-26)11-28-18/h1-9,11H,(H2,27,31). The summed E-state index contributed by atoms with van der Waals surface area (Å²) in [5.41, 5.74) is 5.58. The number of aromatic nitrogens is 2. The highest BCUT2D eigenvalue weighted by molar-refractivity contribution is 6.11. The van der Waals surface area contributed by atoms with E-state index in [2.05, 4.69) is 9.97 Å². The first-order valence-electron chi connectivity index (χ1n) is 8.99. The smallest absolute Gasteiger partial charge is 0.248 e. The second-order valence-corrected chi connectivity index (χ2v) is 6.63. The monoisotopic (exact) mass is 414 g/mol. The lowest BCUT2D eigenvalue weighted by Gasteiger charge is -2.10. The molecule has 31 heavy (non-hydrogen) atoms. The molecule has 0 aliphatic carbocycles. The molecule has 0 saturated heterocycles. The van der Waals surface area contributed by atoms with Crippen LogP contribution in [0.5, 0.6) is 0 Å². The molecular formula is C23H12F2N4O2. The minimum atomic E-state index is -1.07.